The number of rotatable bonds is 1. The van der Waals surface area contributed by atoms with Gasteiger partial charge in [-0.15, -0.1) is 0 Å². The lowest BCUT2D eigenvalue weighted by molar-refractivity contribution is 0.0690. The quantitative estimate of drug-likeness (QED) is 0.773. The maximum absolute atomic E-state index is 13.0. The van der Waals surface area contributed by atoms with E-state index in [2.05, 4.69) is 4.98 Å². The summed E-state index contributed by atoms with van der Waals surface area (Å²) in [5.41, 5.74) is -0.659. The summed E-state index contributed by atoms with van der Waals surface area (Å²) in [7, 11) is 0. The molecule has 0 aliphatic rings. The van der Waals surface area contributed by atoms with Crippen molar-refractivity contribution in [2.75, 3.05) is 0 Å². The average Bonchev–Trinajstić information content (AvgIpc) is 2.07. The van der Waals surface area contributed by atoms with E-state index in [0.29, 0.717) is 0 Å². The number of nitrogens with zero attached hydrogens (tertiary/aromatic N) is 1. The van der Waals surface area contributed by atoms with Crippen molar-refractivity contribution in [3.63, 3.8) is 0 Å². The predicted octanol–water partition coefficient (Wildman–Crippen LogP) is 2.88. The van der Waals surface area contributed by atoms with E-state index in [-0.39, 0.29) is 0 Å². The van der Waals surface area contributed by atoms with Gasteiger partial charge in [0.15, 0.2) is 16.7 Å². The zero-order valence-corrected chi connectivity index (χ0v) is 8.08. The molecule has 1 aromatic heterocycles. The Kier molecular flexibility index (Phi) is 2.95. The van der Waals surface area contributed by atoms with Gasteiger partial charge in [-0.3, -0.25) is 0 Å². The van der Waals surface area contributed by atoms with Gasteiger partial charge in [-0.2, -0.15) is 0 Å². The maximum Gasteiger partial charge on any atom is 0.356 e. The molecule has 3 nitrogen and oxygen atoms in total. The molecule has 0 radical (unpaired) electrons. The van der Waals surface area contributed by atoms with E-state index in [0.717, 1.165) is 0 Å². The van der Waals surface area contributed by atoms with E-state index in [4.69, 9.17) is 39.9 Å². The molecular weight excluding hydrogens is 243 g/mol. The lowest BCUT2D eigenvalue weighted by Crippen LogP contribution is -2.04. The van der Waals surface area contributed by atoms with Crippen molar-refractivity contribution in [2.24, 2.45) is 0 Å². The van der Waals surface area contributed by atoms with Crippen molar-refractivity contribution >= 4 is 40.8 Å². The van der Waals surface area contributed by atoms with Crippen LogP contribution in [0.2, 0.25) is 15.2 Å². The summed E-state index contributed by atoms with van der Waals surface area (Å²) in [6.45, 7) is 0. The van der Waals surface area contributed by atoms with Crippen LogP contribution in [-0.4, -0.2) is 16.1 Å². The Morgan fingerprint density at radius 3 is 2.31 bits per heavy atom. The fourth-order valence-electron chi connectivity index (χ4n) is 0.629. The molecule has 0 saturated carbocycles. The first-order valence-corrected chi connectivity index (χ1v) is 4.01. The fraction of sp³-hybridized carbons (Fsp3) is 0. The van der Waals surface area contributed by atoms with Crippen LogP contribution in [0.3, 0.4) is 0 Å². The standard InChI is InChI=1S/C6HCl3FNO2/c7-1-3(10)2(8)5(9)11-4(1)6(12)13/h(H,12,13). The molecule has 0 aliphatic heterocycles. The molecule has 0 aromatic carbocycles. The van der Waals surface area contributed by atoms with Crippen molar-refractivity contribution in [2.45, 2.75) is 0 Å². The molecule has 1 rings (SSSR count). The molecule has 13 heavy (non-hydrogen) atoms. The highest BCUT2D eigenvalue weighted by atomic mass is 35.5. The summed E-state index contributed by atoms with van der Waals surface area (Å²) in [6.07, 6.45) is 0. The van der Waals surface area contributed by atoms with Crippen LogP contribution in [0.4, 0.5) is 4.39 Å². The van der Waals surface area contributed by atoms with Gasteiger partial charge in [-0.05, 0) is 0 Å². The number of aromatic carboxylic acids is 1. The number of pyridine rings is 1. The third kappa shape index (κ3) is 1.85. The topological polar surface area (TPSA) is 50.2 Å². The third-order valence-corrected chi connectivity index (χ3v) is 2.25. The maximum atomic E-state index is 13.0. The van der Waals surface area contributed by atoms with Crippen LogP contribution in [0.15, 0.2) is 0 Å². The zero-order valence-electron chi connectivity index (χ0n) is 5.81. The molecule has 1 N–H and O–H groups in total. The van der Waals surface area contributed by atoms with Gasteiger partial charge in [-0.25, -0.2) is 14.2 Å². The molecule has 0 aliphatic carbocycles. The Morgan fingerprint density at radius 1 is 1.31 bits per heavy atom. The first-order valence-electron chi connectivity index (χ1n) is 2.88. The van der Waals surface area contributed by atoms with Crippen molar-refractivity contribution in [3.8, 4) is 0 Å². The van der Waals surface area contributed by atoms with Gasteiger partial charge in [0.25, 0.3) is 0 Å². The van der Waals surface area contributed by atoms with E-state index in [1.54, 1.807) is 0 Å². The van der Waals surface area contributed by atoms with Crippen molar-refractivity contribution in [1.29, 1.82) is 0 Å². The van der Waals surface area contributed by atoms with Gasteiger partial charge < -0.3 is 5.11 Å². The Balaban J connectivity index is 3.50. The van der Waals surface area contributed by atoms with Crippen LogP contribution in [0, 0.1) is 5.82 Å². The number of hydrogen-bond acceptors (Lipinski definition) is 2. The normalized spacial score (nSPS) is 10.2. The van der Waals surface area contributed by atoms with Crippen molar-refractivity contribution in [3.05, 3.63) is 26.7 Å². The molecule has 70 valence electrons. The van der Waals surface area contributed by atoms with Gasteiger partial charge in [-0.1, -0.05) is 34.8 Å². The van der Waals surface area contributed by atoms with Gasteiger partial charge in [0.1, 0.15) is 10.0 Å². The molecule has 0 bridgehead atoms. The summed E-state index contributed by atoms with van der Waals surface area (Å²) < 4.78 is 13.0. The Morgan fingerprint density at radius 2 is 1.85 bits per heavy atom. The highest BCUT2D eigenvalue weighted by molar-refractivity contribution is 6.43. The summed E-state index contributed by atoms with van der Waals surface area (Å²) in [6, 6.07) is 0. The average molecular weight is 244 g/mol. The lowest BCUT2D eigenvalue weighted by Gasteiger charge is -2.02. The molecule has 0 amide bonds. The Hall–Kier alpha value is -0.580. The molecular formula is C6HCl3FNO2. The fourth-order valence-corrected chi connectivity index (χ4v) is 1.20. The molecule has 0 unspecified atom stereocenters. The third-order valence-electron chi connectivity index (χ3n) is 1.19. The summed E-state index contributed by atoms with van der Waals surface area (Å²) in [5, 5.41) is 6.92. The highest BCUT2D eigenvalue weighted by Crippen LogP contribution is 2.30. The minimum absolute atomic E-state index is 0.430. The van der Waals surface area contributed by atoms with E-state index >= 15 is 0 Å². The SMILES string of the molecule is O=C(O)c1nc(Cl)c(Cl)c(F)c1Cl. The molecule has 7 heteroatoms. The number of hydrogen-bond donors (Lipinski definition) is 1. The summed E-state index contributed by atoms with van der Waals surface area (Å²) >= 11 is 15.9. The van der Waals surface area contributed by atoms with Gasteiger partial charge >= 0.3 is 5.97 Å². The van der Waals surface area contributed by atoms with Crippen molar-refractivity contribution < 1.29 is 14.3 Å². The number of carboxylic acid groups (broad SMARTS) is 1. The minimum Gasteiger partial charge on any atom is -0.476 e. The number of carbonyl (C=O) groups is 1. The Bertz CT molecular complexity index is 383. The van der Waals surface area contributed by atoms with Crippen molar-refractivity contribution in [1.82, 2.24) is 4.98 Å². The van der Waals surface area contributed by atoms with E-state index in [1.165, 1.54) is 0 Å². The van der Waals surface area contributed by atoms with Crippen LogP contribution < -0.4 is 0 Å². The van der Waals surface area contributed by atoms with Crippen LogP contribution in [0.5, 0.6) is 0 Å². The predicted molar refractivity (Wildman–Crippen MR) is 46.2 cm³/mol. The zero-order chi connectivity index (χ0) is 10.2. The van der Waals surface area contributed by atoms with Crippen LogP contribution in [0.1, 0.15) is 10.5 Å². The van der Waals surface area contributed by atoms with Crippen LogP contribution in [0.25, 0.3) is 0 Å². The molecule has 0 atom stereocenters. The monoisotopic (exact) mass is 243 g/mol. The van der Waals surface area contributed by atoms with Gasteiger partial charge in [0.05, 0.1) is 0 Å². The second kappa shape index (κ2) is 3.65. The number of halogens is 4. The van der Waals surface area contributed by atoms with Gasteiger partial charge in [0, 0.05) is 0 Å². The number of carboxylic acids is 1. The minimum atomic E-state index is -1.47. The Labute approximate surface area is 87.0 Å². The molecule has 0 saturated heterocycles. The van der Waals surface area contributed by atoms with Crippen LogP contribution >= 0.6 is 34.8 Å². The smallest absolute Gasteiger partial charge is 0.356 e. The summed E-state index contributed by atoms with van der Waals surface area (Å²) in [4.78, 5) is 13.7. The second-order valence-corrected chi connectivity index (χ2v) is 3.11. The van der Waals surface area contributed by atoms with Gasteiger partial charge in [0.2, 0.25) is 0 Å². The molecule has 1 heterocycles. The molecule has 0 fully saturated rings. The van der Waals surface area contributed by atoms with E-state index < -0.39 is 32.7 Å². The number of aromatic nitrogens is 1. The first-order chi connectivity index (χ1) is 5.95. The van der Waals surface area contributed by atoms with Crippen LogP contribution in [-0.2, 0) is 0 Å². The van der Waals surface area contributed by atoms with E-state index in [9.17, 15) is 9.18 Å². The van der Waals surface area contributed by atoms with E-state index in [1.807, 2.05) is 0 Å². The highest BCUT2D eigenvalue weighted by Gasteiger charge is 2.20. The largest absolute Gasteiger partial charge is 0.476 e. The molecule has 1 aromatic rings. The lowest BCUT2D eigenvalue weighted by atomic mass is 10.3. The summed E-state index contributed by atoms with van der Waals surface area (Å²) in [5.74, 6) is -2.55. The second-order valence-electron chi connectivity index (χ2n) is 2.00. The first kappa shape index (κ1) is 10.5. The molecule has 0 spiro atoms.